The van der Waals surface area contributed by atoms with Gasteiger partial charge >= 0.3 is 0 Å². The van der Waals surface area contributed by atoms with Crippen molar-refractivity contribution in [3.63, 3.8) is 0 Å². The molecule has 31 heavy (non-hydrogen) atoms. The van der Waals surface area contributed by atoms with Crippen molar-refractivity contribution in [3.05, 3.63) is 64.4 Å². The second-order valence-electron chi connectivity index (χ2n) is 8.01. The van der Waals surface area contributed by atoms with E-state index in [0.29, 0.717) is 10.8 Å². The van der Waals surface area contributed by atoms with Gasteiger partial charge < -0.3 is 15.0 Å². The van der Waals surface area contributed by atoms with Gasteiger partial charge in [0.1, 0.15) is 17.6 Å². The van der Waals surface area contributed by atoms with Gasteiger partial charge in [-0.3, -0.25) is 9.59 Å². The highest BCUT2D eigenvalue weighted by molar-refractivity contribution is 6.31. The molecule has 5 nitrogen and oxygen atoms in total. The lowest BCUT2D eigenvalue weighted by molar-refractivity contribution is -0.142. The molecule has 0 unspecified atom stereocenters. The molecule has 3 rings (SSSR count). The zero-order valence-corrected chi connectivity index (χ0v) is 18.6. The summed E-state index contributed by atoms with van der Waals surface area (Å²) >= 11 is 6.04. The van der Waals surface area contributed by atoms with Crippen LogP contribution in [0, 0.1) is 12.7 Å². The molecule has 0 aliphatic heterocycles. The first kappa shape index (κ1) is 23.1. The summed E-state index contributed by atoms with van der Waals surface area (Å²) in [7, 11) is 0. The number of carbonyl (C=O) groups is 2. The van der Waals surface area contributed by atoms with E-state index in [1.165, 1.54) is 17.0 Å². The number of nitrogens with one attached hydrogen (secondary N) is 1. The molecule has 2 amide bonds. The van der Waals surface area contributed by atoms with Gasteiger partial charge in [0.05, 0.1) is 0 Å². The van der Waals surface area contributed by atoms with Crippen LogP contribution in [0.5, 0.6) is 5.75 Å². The second kappa shape index (κ2) is 10.6. The fourth-order valence-corrected chi connectivity index (χ4v) is 3.81. The molecule has 1 atom stereocenters. The summed E-state index contributed by atoms with van der Waals surface area (Å²) in [6.45, 7) is 3.52. The Morgan fingerprint density at radius 1 is 1.19 bits per heavy atom. The van der Waals surface area contributed by atoms with Crippen molar-refractivity contribution in [1.82, 2.24) is 10.2 Å². The predicted molar refractivity (Wildman–Crippen MR) is 118 cm³/mol. The van der Waals surface area contributed by atoms with Crippen molar-refractivity contribution in [2.24, 2.45) is 0 Å². The highest BCUT2D eigenvalue weighted by Crippen LogP contribution is 2.22. The summed E-state index contributed by atoms with van der Waals surface area (Å²) in [5, 5.41) is 3.67. The lowest BCUT2D eigenvalue weighted by Crippen LogP contribution is -2.50. The molecule has 1 aliphatic carbocycles. The monoisotopic (exact) mass is 446 g/mol. The normalized spacial score (nSPS) is 14.8. The van der Waals surface area contributed by atoms with E-state index in [1.54, 1.807) is 37.3 Å². The van der Waals surface area contributed by atoms with Gasteiger partial charge in [0.25, 0.3) is 5.91 Å². The van der Waals surface area contributed by atoms with Crippen LogP contribution in [0.4, 0.5) is 4.39 Å². The molecule has 2 aromatic carbocycles. The first-order valence-electron chi connectivity index (χ1n) is 10.6. The number of rotatable bonds is 8. The number of benzene rings is 2. The van der Waals surface area contributed by atoms with Crippen molar-refractivity contribution in [3.8, 4) is 5.75 Å². The van der Waals surface area contributed by atoms with Crippen LogP contribution in [0.2, 0.25) is 5.02 Å². The molecule has 1 aliphatic rings. The number of carbonyl (C=O) groups excluding carboxylic acids is 2. The Kier molecular flexibility index (Phi) is 7.91. The topological polar surface area (TPSA) is 58.6 Å². The number of hydrogen-bond donors (Lipinski definition) is 1. The van der Waals surface area contributed by atoms with Gasteiger partial charge in [-0.1, -0.05) is 36.6 Å². The van der Waals surface area contributed by atoms with Gasteiger partial charge in [-0.15, -0.1) is 0 Å². The summed E-state index contributed by atoms with van der Waals surface area (Å²) in [4.78, 5) is 27.3. The highest BCUT2D eigenvalue weighted by Gasteiger charge is 2.28. The number of hydrogen-bond acceptors (Lipinski definition) is 3. The number of halogens is 2. The largest absolute Gasteiger partial charge is 0.484 e. The highest BCUT2D eigenvalue weighted by atomic mass is 35.5. The summed E-state index contributed by atoms with van der Waals surface area (Å²) in [5.41, 5.74) is 1.58. The van der Waals surface area contributed by atoms with Gasteiger partial charge in [-0.2, -0.15) is 0 Å². The standard InChI is InChI=1S/C24H28ClFN2O3/c1-16-13-21(11-12-22(16)25)31-15-23(29)28(14-18-7-9-19(26)10-8-18)17(2)24(30)27-20-5-3-4-6-20/h7-13,17,20H,3-6,14-15H2,1-2H3,(H,27,30)/t17-/m1/s1. The number of aryl methyl sites for hydroxylation is 1. The number of nitrogens with zero attached hydrogens (tertiary/aromatic N) is 1. The van der Waals surface area contributed by atoms with Crippen LogP contribution < -0.4 is 10.1 Å². The zero-order chi connectivity index (χ0) is 22.4. The molecular formula is C24H28ClFN2O3. The average Bonchev–Trinajstić information content (AvgIpc) is 3.26. The quantitative estimate of drug-likeness (QED) is 0.642. The van der Waals surface area contributed by atoms with Crippen molar-refractivity contribution >= 4 is 23.4 Å². The van der Waals surface area contributed by atoms with Gasteiger partial charge in [-0.25, -0.2) is 4.39 Å². The Morgan fingerprint density at radius 2 is 1.87 bits per heavy atom. The third kappa shape index (κ3) is 6.44. The van der Waals surface area contributed by atoms with Crippen molar-refractivity contribution in [2.75, 3.05) is 6.61 Å². The van der Waals surface area contributed by atoms with E-state index in [4.69, 9.17) is 16.3 Å². The summed E-state index contributed by atoms with van der Waals surface area (Å²) in [6.07, 6.45) is 4.13. The maximum absolute atomic E-state index is 13.3. The number of amides is 2. The Labute approximate surface area is 187 Å². The molecule has 1 N–H and O–H groups in total. The van der Waals surface area contributed by atoms with Crippen molar-refractivity contribution in [1.29, 1.82) is 0 Å². The molecule has 7 heteroatoms. The smallest absolute Gasteiger partial charge is 0.261 e. The zero-order valence-electron chi connectivity index (χ0n) is 17.9. The summed E-state index contributed by atoms with van der Waals surface area (Å²) in [5.74, 6) is -0.342. The van der Waals surface area contributed by atoms with Crippen LogP contribution in [-0.4, -0.2) is 35.4 Å². The van der Waals surface area contributed by atoms with Crippen molar-refractivity contribution in [2.45, 2.75) is 58.2 Å². The van der Waals surface area contributed by atoms with Crippen LogP contribution in [0.15, 0.2) is 42.5 Å². The summed E-state index contributed by atoms with van der Waals surface area (Å²) in [6, 6.07) is 10.5. The van der Waals surface area contributed by atoms with Crippen LogP contribution in [0.3, 0.4) is 0 Å². The molecule has 0 spiro atoms. The molecule has 0 heterocycles. The Hall–Kier alpha value is -2.60. The van der Waals surface area contributed by atoms with E-state index < -0.39 is 6.04 Å². The molecule has 0 saturated heterocycles. The van der Waals surface area contributed by atoms with Crippen LogP contribution in [0.1, 0.15) is 43.7 Å². The average molecular weight is 447 g/mol. The fraction of sp³-hybridized carbons (Fsp3) is 0.417. The first-order chi connectivity index (χ1) is 14.8. The summed E-state index contributed by atoms with van der Waals surface area (Å²) < 4.78 is 19.0. The second-order valence-corrected chi connectivity index (χ2v) is 8.42. The predicted octanol–water partition coefficient (Wildman–Crippen LogP) is 4.64. The van der Waals surface area contributed by atoms with Gasteiger partial charge in [0.15, 0.2) is 6.61 Å². The Morgan fingerprint density at radius 3 is 2.52 bits per heavy atom. The SMILES string of the molecule is Cc1cc(OCC(=O)N(Cc2ccc(F)cc2)[C@H](C)C(=O)NC2CCCC2)ccc1Cl. The minimum Gasteiger partial charge on any atom is -0.484 e. The Bertz CT molecular complexity index is 914. The minimum absolute atomic E-state index is 0.158. The van der Waals surface area contributed by atoms with E-state index in [1.807, 2.05) is 6.92 Å². The lowest BCUT2D eigenvalue weighted by atomic mass is 10.1. The molecule has 0 aromatic heterocycles. The van der Waals surface area contributed by atoms with E-state index in [-0.39, 0.29) is 36.8 Å². The molecule has 1 fully saturated rings. The minimum atomic E-state index is -0.686. The third-order valence-electron chi connectivity index (χ3n) is 5.63. The molecule has 0 radical (unpaired) electrons. The van der Waals surface area contributed by atoms with E-state index in [9.17, 15) is 14.0 Å². The molecule has 2 aromatic rings. The maximum atomic E-state index is 13.3. The Balaban J connectivity index is 1.71. The maximum Gasteiger partial charge on any atom is 0.261 e. The van der Waals surface area contributed by atoms with Gasteiger partial charge in [0.2, 0.25) is 5.91 Å². The first-order valence-corrected chi connectivity index (χ1v) is 10.9. The van der Waals surface area contributed by atoms with Crippen LogP contribution in [0.25, 0.3) is 0 Å². The molecule has 0 bridgehead atoms. The van der Waals surface area contributed by atoms with Gasteiger partial charge in [0, 0.05) is 17.6 Å². The van der Waals surface area contributed by atoms with E-state index in [0.717, 1.165) is 36.8 Å². The van der Waals surface area contributed by atoms with E-state index in [2.05, 4.69) is 5.32 Å². The van der Waals surface area contributed by atoms with Gasteiger partial charge in [-0.05, 0) is 68.1 Å². The van der Waals surface area contributed by atoms with Crippen molar-refractivity contribution < 1.29 is 18.7 Å². The fourth-order valence-electron chi connectivity index (χ4n) is 3.70. The molecular weight excluding hydrogens is 419 g/mol. The van der Waals surface area contributed by atoms with Crippen LogP contribution in [-0.2, 0) is 16.1 Å². The molecule has 1 saturated carbocycles. The lowest BCUT2D eigenvalue weighted by Gasteiger charge is -2.29. The third-order valence-corrected chi connectivity index (χ3v) is 6.05. The molecule has 166 valence electrons. The van der Waals surface area contributed by atoms with Crippen LogP contribution >= 0.6 is 11.6 Å². The number of ether oxygens (including phenoxy) is 1. The van der Waals surface area contributed by atoms with E-state index >= 15 is 0 Å².